The zero-order valence-electron chi connectivity index (χ0n) is 14.9. The van der Waals surface area contributed by atoms with Crippen LogP contribution >= 0.6 is 0 Å². The van der Waals surface area contributed by atoms with Gasteiger partial charge in [0.05, 0.1) is 0 Å². The second kappa shape index (κ2) is 8.74. The van der Waals surface area contributed by atoms with Crippen molar-refractivity contribution < 1.29 is 9.53 Å². The molecule has 2 aliphatic carbocycles. The van der Waals surface area contributed by atoms with Crippen molar-refractivity contribution >= 4 is 11.9 Å². The Kier molecular flexibility index (Phi) is 6.14. The van der Waals surface area contributed by atoms with E-state index in [1.165, 1.54) is 25.7 Å². The number of nitrogens with zero attached hydrogens (tertiary/aromatic N) is 1. The van der Waals surface area contributed by atoms with E-state index >= 15 is 0 Å². The lowest BCUT2D eigenvalue weighted by atomic mass is 10.2. The highest BCUT2D eigenvalue weighted by molar-refractivity contribution is 5.80. The number of aliphatic imine (C=N–C) groups is 1. The van der Waals surface area contributed by atoms with Crippen LogP contribution in [0.3, 0.4) is 0 Å². The van der Waals surface area contributed by atoms with Gasteiger partial charge >= 0.3 is 0 Å². The van der Waals surface area contributed by atoms with Crippen LogP contribution in [-0.4, -0.2) is 37.6 Å². The fourth-order valence-corrected chi connectivity index (χ4v) is 3.04. The largest absolute Gasteiger partial charge is 0.484 e. The third-order valence-electron chi connectivity index (χ3n) is 4.59. The Bertz CT molecular complexity index is 607. The summed E-state index contributed by atoms with van der Waals surface area (Å²) >= 11 is 0. The molecule has 6 heteroatoms. The highest BCUT2D eigenvalue weighted by Gasteiger charge is 2.23. The molecule has 0 heterocycles. The van der Waals surface area contributed by atoms with Crippen LogP contribution in [0, 0.1) is 0 Å². The normalized spacial score (nSPS) is 18.0. The number of benzene rings is 1. The summed E-state index contributed by atoms with van der Waals surface area (Å²) in [6.07, 6.45) is 7.19. The van der Waals surface area contributed by atoms with Crippen LogP contribution in [0.1, 0.15) is 44.1 Å². The van der Waals surface area contributed by atoms with E-state index in [4.69, 9.17) is 4.74 Å². The minimum atomic E-state index is -0.0489. The first-order chi connectivity index (χ1) is 12.2. The van der Waals surface area contributed by atoms with Crippen LogP contribution in [-0.2, 0) is 11.3 Å². The molecule has 0 aromatic heterocycles. The lowest BCUT2D eigenvalue weighted by Crippen LogP contribution is -2.41. The molecule has 0 radical (unpaired) electrons. The average Bonchev–Trinajstić information content (AvgIpc) is 3.29. The molecule has 2 aliphatic rings. The molecule has 2 saturated carbocycles. The number of rotatable bonds is 7. The number of hydrogen-bond acceptors (Lipinski definition) is 3. The predicted octanol–water partition coefficient (Wildman–Crippen LogP) is 1.95. The van der Waals surface area contributed by atoms with Crippen molar-refractivity contribution in [2.75, 3.05) is 13.7 Å². The second-order valence-corrected chi connectivity index (χ2v) is 6.83. The Morgan fingerprint density at radius 3 is 2.64 bits per heavy atom. The van der Waals surface area contributed by atoms with Crippen molar-refractivity contribution in [3.8, 4) is 5.75 Å². The molecule has 0 aliphatic heterocycles. The number of ether oxygens (including phenoxy) is 1. The van der Waals surface area contributed by atoms with Crippen molar-refractivity contribution in [2.24, 2.45) is 4.99 Å². The van der Waals surface area contributed by atoms with Gasteiger partial charge in [0.1, 0.15) is 5.75 Å². The van der Waals surface area contributed by atoms with E-state index < -0.39 is 0 Å². The minimum Gasteiger partial charge on any atom is -0.484 e. The van der Waals surface area contributed by atoms with Gasteiger partial charge in [-0.1, -0.05) is 25.0 Å². The molecule has 0 unspecified atom stereocenters. The number of carbonyl (C=O) groups is 1. The lowest BCUT2D eigenvalue weighted by molar-refractivity contribution is -0.123. The van der Waals surface area contributed by atoms with Crippen molar-refractivity contribution in [1.29, 1.82) is 0 Å². The Balaban J connectivity index is 1.44. The lowest BCUT2D eigenvalue weighted by Gasteiger charge is -2.17. The van der Waals surface area contributed by atoms with Crippen molar-refractivity contribution in [2.45, 2.75) is 57.2 Å². The minimum absolute atomic E-state index is 0.0489. The quantitative estimate of drug-likeness (QED) is 0.522. The number of amides is 1. The maximum absolute atomic E-state index is 11.7. The molecular weight excluding hydrogens is 316 g/mol. The smallest absolute Gasteiger partial charge is 0.258 e. The number of guanidine groups is 1. The highest BCUT2D eigenvalue weighted by atomic mass is 16.5. The maximum Gasteiger partial charge on any atom is 0.258 e. The molecule has 136 valence electrons. The first-order valence-corrected chi connectivity index (χ1v) is 9.21. The van der Waals surface area contributed by atoms with Gasteiger partial charge in [0.15, 0.2) is 12.6 Å². The van der Waals surface area contributed by atoms with Gasteiger partial charge in [0.25, 0.3) is 5.91 Å². The van der Waals surface area contributed by atoms with Gasteiger partial charge in [-0.2, -0.15) is 0 Å². The summed E-state index contributed by atoms with van der Waals surface area (Å²) in [6, 6.07) is 8.71. The van der Waals surface area contributed by atoms with Crippen molar-refractivity contribution in [3.63, 3.8) is 0 Å². The zero-order chi connectivity index (χ0) is 17.5. The fourth-order valence-electron chi connectivity index (χ4n) is 3.04. The van der Waals surface area contributed by atoms with Gasteiger partial charge in [0, 0.05) is 25.7 Å². The Labute approximate surface area is 149 Å². The molecule has 0 saturated heterocycles. The van der Waals surface area contributed by atoms with Gasteiger partial charge in [-0.05, 0) is 43.4 Å². The van der Waals surface area contributed by atoms with Crippen LogP contribution in [0.5, 0.6) is 5.75 Å². The third-order valence-corrected chi connectivity index (χ3v) is 4.59. The second-order valence-electron chi connectivity index (χ2n) is 6.83. The predicted molar refractivity (Wildman–Crippen MR) is 98.7 cm³/mol. The van der Waals surface area contributed by atoms with E-state index in [0.717, 1.165) is 24.4 Å². The number of nitrogens with one attached hydrogen (secondary N) is 3. The van der Waals surface area contributed by atoms with Crippen LogP contribution in [0.4, 0.5) is 0 Å². The van der Waals surface area contributed by atoms with Crippen molar-refractivity contribution in [3.05, 3.63) is 29.8 Å². The van der Waals surface area contributed by atoms with Gasteiger partial charge in [0.2, 0.25) is 0 Å². The molecule has 25 heavy (non-hydrogen) atoms. The average molecular weight is 344 g/mol. The molecule has 1 aromatic rings. The van der Waals surface area contributed by atoms with E-state index in [-0.39, 0.29) is 12.5 Å². The van der Waals surface area contributed by atoms with E-state index in [1.54, 1.807) is 7.05 Å². The maximum atomic E-state index is 11.7. The first kappa shape index (κ1) is 17.6. The van der Waals surface area contributed by atoms with Crippen LogP contribution in [0.15, 0.2) is 29.3 Å². The van der Waals surface area contributed by atoms with Gasteiger partial charge < -0.3 is 20.7 Å². The van der Waals surface area contributed by atoms with Crippen LogP contribution < -0.4 is 20.7 Å². The summed E-state index contributed by atoms with van der Waals surface area (Å²) in [6.45, 7) is 0.732. The Morgan fingerprint density at radius 2 is 1.92 bits per heavy atom. The Morgan fingerprint density at radius 1 is 1.16 bits per heavy atom. The van der Waals surface area contributed by atoms with Crippen LogP contribution in [0.2, 0.25) is 0 Å². The molecule has 0 bridgehead atoms. The molecule has 0 spiro atoms. The molecule has 0 atom stereocenters. The SMILES string of the molecule is CN=C(NCc1cccc(OCC(=O)NC2CC2)c1)NC1CCCC1. The molecule has 3 N–H and O–H groups in total. The monoisotopic (exact) mass is 344 g/mol. The third kappa shape index (κ3) is 5.96. The fraction of sp³-hybridized carbons (Fsp3) is 0.579. The zero-order valence-corrected chi connectivity index (χ0v) is 14.9. The molecule has 3 rings (SSSR count). The summed E-state index contributed by atoms with van der Waals surface area (Å²) in [5.41, 5.74) is 1.09. The summed E-state index contributed by atoms with van der Waals surface area (Å²) in [4.78, 5) is 16.0. The van der Waals surface area contributed by atoms with Gasteiger partial charge in [-0.25, -0.2) is 0 Å². The molecular formula is C19H28N4O2. The van der Waals surface area contributed by atoms with Crippen LogP contribution in [0.25, 0.3) is 0 Å². The van der Waals surface area contributed by atoms with Gasteiger partial charge in [-0.15, -0.1) is 0 Å². The highest BCUT2D eigenvalue weighted by Crippen LogP contribution is 2.19. The van der Waals surface area contributed by atoms with E-state index in [9.17, 15) is 4.79 Å². The molecule has 1 amide bonds. The van der Waals surface area contributed by atoms with Crippen molar-refractivity contribution in [1.82, 2.24) is 16.0 Å². The topological polar surface area (TPSA) is 74.8 Å². The Hall–Kier alpha value is -2.24. The number of hydrogen-bond donors (Lipinski definition) is 3. The van der Waals surface area contributed by atoms with Gasteiger partial charge in [-0.3, -0.25) is 9.79 Å². The van der Waals surface area contributed by atoms with E-state index in [0.29, 0.717) is 24.4 Å². The summed E-state index contributed by atoms with van der Waals surface area (Å²) in [5.74, 6) is 1.50. The molecule has 6 nitrogen and oxygen atoms in total. The molecule has 1 aromatic carbocycles. The summed E-state index contributed by atoms with van der Waals surface area (Å²) in [7, 11) is 1.79. The van der Waals surface area contributed by atoms with E-state index in [2.05, 4.69) is 20.9 Å². The standard InChI is InChI=1S/C19H28N4O2/c1-20-19(23-15-6-2-3-7-15)21-12-14-5-4-8-17(11-14)25-13-18(24)22-16-9-10-16/h4-5,8,11,15-16H,2-3,6-7,9-10,12-13H2,1H3,(H,22,24)(H2,20,21,23). The first-order valence-electron chi connectivity index (χ1n) is 9.21. The van der Waals surface area contributed by atoms with E-state index in [1.807, 2.05) is 24.3 Å². The summed E-state index contributed by atoms with van der Waals surface area (Å²) in [5, 5.41) is 9.73. The molecule has 2 fully saturated rings. The summed E-state index contributed by atoms with van der Waals surface area (Å²) < 4.78 is 5.59. The number of carbonyl (C=O) groups excluding carboxylic acids is 1.